The maximum Gasteiger partial charge on any atom is 0.0548 e. The largest absolute Gasteiger partial charge is 0.328 e. The van der Waals surface area contributed by atoms with Crippen molar-refractivity contribution in [3.8, 4) is 0 Å². The summed E-state index contributed by atoms with van der Waals surface area (Å²) >= 11 is 13.9. The zero-order valence-electron chi connectivity index (χ0n) is 10.6. The summed E-state index contributed by atoms with van der Waals surface area (Å²) in [5.74, 6) is 0. The second kappa shape index (κ2) is 6.67. The fraction of sp³-hybridized carbons (Fsp3) is 0.200. The lowest BCUT2D eigenvalue weighted by molar-refractivity contribution is 0.729. The minimum absolute atomic E-state index is 0.108. The van der Waals surface area contributed by atoms with Crippen molar-refractivity contribution in [3.63, 3.8) is 0 Å². The van der Waals surface area contributed by atoms with Gasteiger partial charge >= 0.3 is 0 Å². The second-order valence-electron chi connectivity index (χ2n) is 4.47. The molecule has 0 fully saturated rings. The molecule has 1 unspecified atom stereocenters. The van der Waals surface area contributed by atoms with Crippen molar-refractivity contribution >= 4 is 35.0 Å². The van der Waals surface area contributed by atoms with Crippen molar-refractivity contribution in [3.05, 3.63) is 58.1 Å². The van der Waals surface area contributed by atoms with Gasteiger partial charge in [0.25, 0.3) is 0 Å². The van der Waals surface area contributed by atoms with E-state index in [1.807, 2.05) is 43.3 Å². The van der Waals surface area contributed by atoms with E-state index in [1.165, 1.54) is 5.56 Å². The van der Waals surface area contributed by atoms with Gasteiger partial charge in [-0.3, -0.25) is 0 Å². The van der Waals surface area contributed by atoms with Gasteiger partial charge in [-0.05, 0) is 43.2 Å². The summed E-state index contributed by atoms with van der Waals surface area (Å²) in [6, 6.07) is 13.8. The number of halogens is 2. The van der Waals surface area contributed by atoms with E-state index < -0.39 is 0 Å². The van der Waals surface area contributed by atoms with Crippen molar-refractivity contribution in [2.24, 2.45) is 5.73 Å². The molecule has 2 rings (SSSR count). The molecule has 0 aromatic heterocycles. The minimum atomic E-state index is 0.108. The van der Waals surface area contributed by atoms with Crippen LogP contribution in [0.15, 0.2) is 52.3 Å². The first-order valence-corrected chi connectivity index (χ1v) is 7.60. The molecule has 0 aliphatic heterocycles. The Balaban J connectivity index is 2.33. The van der Waals surface area contributed by atoms with E-state index in [4.69, 9.17) is 28.9 Å². The van der Waals surface area contributed by atoms with E-state index in [0.717, 1.165) is 26.3 Å². The van der Waals surface area contributed by atoms with Crippen LogP contribution in [0.3, 0.4) is 0 Å². The van der Waals surface area contributed by atoms with Crippen LogP contribution in [-0.2, 0) is 6.42 Å². The minimum Gasteiger partial charge on any atom is -0.328 e. The van der Waals surface area contributed by atoms with Crippen molar-refractivity contribution < 1.29 is 0 Å². The zero-order valence-corrected chi connectivity index (χ0v) is 12.9. The fourth-order valence-electron chi connectivity index (χ4n) is 1.82. The molecule has 2 aromatic rings. The summed E-state index contributed by atoms with van der Waals surface area (Å²) in [5, 5.41) is 1.48. The lowest BCUT2D eigenvalue weighted by atomic mass is 10.1. The first kappa shape index (κ1) is 14.7. The number of hydrogen-bond acceptors (Lipinski definition) is 2. The highest BCUT2D eigenvalue weighted by Crippen LogP contribution is 2.37. The first-order chi connectivity index (χ1) is 9.06. The van der Waals surface area contributed by atoms with Crippen molar-refractivity contribution in [2.75, 3.05) is 0 Å². The van der Waals surface area contributed by atoms with Crippen molar-refractivity contribution in [2.45, 2.75) is 29.2 Å². The Morgan fingerprint density at radius 2 is 1.89 bits per heavy atom. The average Bonchev–Trinajstić information content (AvgIpc) is 2.33. The molecule has 1 nitrogen and oxygen atoms in total. The van der Waals surface area contributed by atoms with Crippen LogP contribution in [0, 0.1) is 0 Å². The smallest absolute Gasteiger partial charge is 0.0548 e. The second-order valence-corrected chi connectivity index (χ2v) is 6.40. The molecule has 0 heterocycles. The molecule has 0 saturated carbocycles. The number of nitrogens with two attached hydrogens (primary N) is 1. The molecule has 0 radical (unpaired) electrons. The van der Waals surface area contributed by atoms with Gasteiger partial charge in [0.05, 0.1) is 5.02 Å². The van der Waals surface area contributed by atoms with Crippen LogP contribution in [0.4, 0.5) is 0 Å². The summed E-state index contributed by atoms with van der Waals surface area (Å²) in [4.78, 5) is 2.13. The molecule has 19 heavy (non-hydrogen) atoms. The Bertz CT molecular complexity index is 570. The van der Waals surface area contributed by atoms with Crippen LogP contribution in [0.5, 0.6) is 0 Å². The van der Waals surface area contributed by atoms with E-state index in [2.05, 4.69) is 6.07 Å². The Labute approximate surface area is 128 Å². The monoisotopic (exact) mass is 311 g/mol. The molecule has 0 bridgehead atoms. The van der Waals surface area contributed by atoms with Gasteiger partial charge in [0.15, 0.2) is 0 Å². The molecule has 0 amide bonds. The highest BCUT2D eigenvalue weighted by Gasteiger charge is 2.10. The third-order valence-corrected chi connectivity index (χ3v) is 4.44. The van der Waals surface area contributed by atoms with Crippen LogP contribution in [0.25, 0.3) is 0 Å². The third kappa shape index (κ3) is 4.15. The number of benzene rings is 2. The van der Waals surface area contributed by atoms with Gasteiger partial charge < -0.3 is 5.73 Å². The number of rotatable bonds is 4. The normalized spacial score (nSPS) is 12.4. The van der Waals surface area contributed by atoms with Gasteiger partial charge in [-0.2, -0.15) is 0 Å². The standard InChI is InChI=1S/C15H15Cl2NS/c1-10(18)8-11-4-2-7-14(17)15(11)19-13-6-3-5-12(16)9-13/h2-7,9-10H,8,18H2,1H3. The first-order valence-electron chi connectivity index (χ1n) is 6.02. The Hall–Kier alpha value is -0.670. The van der Waals surface area contributed by atoms with Crippen LogP contribution in [0.2, 0.25) is 10.0 Å². The maximum atomic E-state index is 6.31. The van der Waals surface area contributed by atoms with Crippen LogP contribution < -0.4 is 5.73 Å². The molecule has 1 atom stereocenters. The molecular formula is C15H15Cl2NS. The fourth-order valence-corrected chi connectivity index (χ4v) is 3.40. The molecule has 0 aliphatic carbocycles. The van der Waals surface area contributed by atoms with Crippen LogP contribution in [-0.4, -0.2) is 6.04 Å². The zero-order chi connectivity index (χ0) is 13.8. The topological polar surface area (TPSA) is 26.0 Å². The Kier molecular flexibility index (Phi) is 5.17. The van der Waals surface area contributed by atoms with Gasteiger partial charge in [-0.15, -0.1) is 0 Å². The highest BCUT2D eigenvalue weighted by molar-refractivity contribution is 7.99. The summed E-state index contributed by atoms with van der Waals surface area (Å²) in [5.41, 5.74) is 7.06. The summed E-state index contributed by atoms with van der Waals surface area (Å²) in [7, 11) is 0. The van der Waals surface area contributed by atoms with E-state index in [0.29, 0.717) is 0 Å². The van der Waals surface area contributed by atoms with Gasteiger partial charge in [0, 0.05) is 20.9 Å². The molecule has 100 valence electrons. The quantitative estimate of drug-likeness (QED) is 0.856. The molecule has 2 N–H and O–H groups in total. The summed E-state index contributed by atoms with van der Waals surface area (Å²) in [6.07, 6.45) is 0.809. The third-order valence-electron chi connectivity index (χ3n) is 2.61. The number of hydrogen-bond donors (Lipinski definition) is 1. The van der Waals surface area contributed by atoms with Gasteiger partial charge in [0.1, 0.15) is 0 Å². The van der Waals surface area contributed by atoms with E-state index in [-0.39, 0.29) is 6.04 Å². The summed E-state index contributed by atoms with van der Waals surface area (Å²) in [6.45, 7) is 1.99. The van der Waals surface area contributed by atoms with Crippen LogP contribution in [0.1, 0.15) is 12.5 Å². The molecule has 4 heteroatoms. The van der Waals surface area contributed by atoms with Gasteiger partial charge in [-0.25, -0.2) is 0 Å². The lowest BCUT2D eigenvalue weighted by Crippen LogP contribution is -2.18. The predicted octanol–water partition coefficient (Wildman–Crippen LogP) is 5.03. The molecule has 2 aromatic carbocycles. The molecule has 0 saturated heterocycles. The van der Waals surface area contributed by atoms with Gasteiger partial charge in [0.2, 0.25) is 0 Å². The van der Waals surface area contributed by atoms with Gasteiger partial charge in [-0.1, -0.05) is 53.2 Å². The predicted molar refractivity (Wildman–Crippen MR) is 84.4 cm³/mol. The SMILES string of the molecule is CC(N)Cc1cccc(Cl)c1Sc1cccc(Cl)c1. The van der Waals surface area contributed by atoms with Crippen molar-refractivity contribution in [1.82, 2.24) is 0 Å². The lowest BCUT2D eigenvalue weighted by Gasteiger charge is -2.13. The maximum absolute atomic E-state index is 6.31. The average molecular weight is 312 g/mol. The highest BCUT2D eigenvalue weighted by atomic mass is 35.5. The Morgan fingerprint density at radius 1 is 1.16 bits per heavy atom. The van der Waals surface area contributed by atoms with E-state index in [1.54, 1.807) is 11.8 Å². The molecule has 0 aliphatic rings. The van der Waals surface area contributed by atoms with Crippen molar-refractivity contribution in [1.29, 1.82) is 0 Å². The van der Waals surface area contributed by atoms with E-state index in [9.17, 15) is 0 Å². The molecular weight excluding hydrogens is 297 g/mol. The van der Waals surface area contributed by atoms with E-state index >= 15 is 0 Å². The van der Waals surface area contributed by atoms with Crippen LogP contribution >= 0.6 is 35.0 Å². The summed E-state index contributed by atoms with van der Waals surface area (Å²) < 4.78 is 0. The Morgan fingerprint density at radius 3 is 2.58 bits per heavy atom. The molecule has 0 spiro atoms.